The zero-order valence-corrected chi connectivity index (χ0v) is 7.42. The number of phenolic OH excluding ortho intramolecular Hbond substituents is 1. The lowest BCUT2D eigenvalue weighted by atomic mass is 10.2. The molecular formula is C10H8F2O2. The van der Waals surface area contributed by atoms with E-state index in [1.54, 1.807) is 0 Å². The van der Waals surface area contributed by atoms with Gasteiger partial charge in [0.25, 0.3) is 0 Å². The van der Waals surface area contributed by atoms with Crippen molar-refractivity contribution in [3.63, 3.8) is 0 Å². The van der Waals surface area contributed by atoms with Crippen LogP contribution in [0.5, 0.6) is 5.75 Å². The highest BCUT2D eigenvalue weighted by Crippen LogP contribution is 2.33. The molecule has 2 nitrogen and oxygen atoms in total. The fraction of sp³-hybridized carbons (Fsp3) is 0.200. The van der Waals surface area contributed by atoms with Gasteiger partial charge in [0.15, 0.2) is 5.76 Å². The summed E-state index contributed by atoms with van der Waals surface area (Å²) < 4.78 is 30.6. The van der Waals surface area contributed by atoms with Gasteiger partial charge in [-0.15, -0.1) is 0 Å². The van der Waals surface area contributed by atoms with Crippen molar-refractivity contribution in [1.82, 2.24) is 0 Å². The van der Waals surface area contributed by atoms with Crippen molar-refractivity contribution in [2.24, 2.45) is 0 Å². The second-order valence-corrected chi connectivity index (χ2v) is 3.22. The van der Waals surface area contributed by atoms with Gasteiger partial charge >= 0.3 is 5.92 Å². The minimum Gasteiger partial charge on any atom is -0.508 e. The van der Waals surface area contributed by atoms with E-state index in [1.807, 2.05) is 0 Å². The first-order valence-electron chi connectivity index (χ1n) is 4.08. The summed E-state index contributed by atoms with van der Waals surface area (Å²) >= 11 is 0. The van der Waals surface area contributed by atoms with Crippen LogP contribution in [0.3, 0.4) is 0 Å². The third-order valence-corrected chi connectivity index (χ3v) is 1.93. The van der Waals surface area contributed by atoms with Gasteiger partial charge in [-0.05, 0) is 24.3 Å². The summed E-state index contributed by atoms with van der Waals surface area (Å²) in [4.78, 5) is 0. The molecule has 4 heteroatoms. The maximum Gasteiger partial charge on any atom is 0.301 e. The standard InChI is InChI=1S/C10H8F2O2/c1-10(11,12)9-5-6-4-7(13)2-3-8(6)14-9/h2-5,13H,1H3. The Balaban J connectivity index is 2.63. The molecule has 14 heavy (non-hydrogen) atoms. The third kappa shape index (κ3) is 1.43. The molecule has 0 aliphatic rings. The number of alkyl halides is 2. The average molecular weight is 198 g/mol. The summed E-state index contributed by atoms with van der Waals surface area (Å²) in [6, 6.07) is 5.46. The zero-order chi connectivity index (χ0) is 10.3. The predicted molar refractivity (Wildman–Crippen MR) is 47.4 cm³/mol. The van der Waals surface area contributed by atoms with Crippen LogP contribution in [0, 0.1) is 0 Å². The highest BCUT2D eigenvalue weighted by molar-refractivity contribution is 5.79. The van der Waals surface area contributed by atoms with E-state index in [0.29, 0.717) is 11.0 Å². The fourth-order valence-corrected chi connectivity index (χ4v) is 1.25. The first kappa shape index (κ1) is 8.99. The highest BCUT2D eigenvalue weighted by atomic mass is 19.3. The van der Waals surface area contributed by atoms with Crippen molar-refractivity contribution < 1.29 is 18.3 Å². The second kappa shape index (κ2) is 2.70. The Morgan fingerprint density at radius 2 is 2.00 bits per heavy atom. The monoisotopic (exact) mass is 198 g/mol. The van der Waals surface area contributed by atoms with Crippen LogP contribution in [-0.2, 0) is 5.92 Å². The molecule has 0 saturated heterocycles. The molecule has 0 saturated carbocycles. The van der Waals surface area contributed by atoms with Crippen molar-refractivity contribution in [3.05, 3.63) is 30.0 Å². The number of hydrogen-bond acceptors (Lipinski definition) is 2. The van der Waals surface area contributed by atoms with E-state index < -0.39 is 11.7 Å². The van der Waals surface area contributed by atoms with Crippen molar-refractivity contribution in [2.75, 3.05) is 0 Å². The SMILES string of the molecule is CC(F)(F)c1cc2cc(O)ccc2o1. The van der Waals surface area contributed by atoms with E-state index in [2.05, 4.69) is 0 Å². The molecule has 0 spiro atoms. The van der Waals surface area contributed by atoms with Crippen molar-refractivity contribution in [3.8, 4) is 5.75 Å². The van der Waals surface area contributed by atoms with Gasteiger partial charge in [-0.2, -0.15) is 8.78 Å². The van der Waals surface area contributed by atoms with Crippen LogP contribution in [0.1, 0.15) is 12.7 Å². The second-order valence-electron chi connectivity index (χ2n) is 3.22. The molecule has 1 aromatic heterocycles. The normalized spacial score (nSPS) is 12.2. The Bertz CT molecular complexity index is 468. The molecule has 2 aromatic rings. The number of rotatable bonds is 1. The first-order chi connectivity index (χ1) is 6.47. The van der Waals surface area contributed by atoms with Gasteiger partial charge in [-0.3, -0.25) is 0 Å². The molecule has 1 heterocycles. The molecule has 2 rings (SSSR count). The minimum atomic E-state index is -2.99. The number of hydrogen-bond donors (Lipinski definition) is 1. The lowest BCUT2D eigenvalue weighted by molar-refractivity contribution is -0.00382. The highest BCUT2D eigenvalue weighted by Gasteiger charge is 2.28. The summed E-state index contributed by atoms with van der Waals surface area (Å²) in [6.07, 6.45) is 0. The quantitative estimate of drug-likeness (QED) is 0.762. The van der Waals surface area contributed by atoms with Gasteiger partial charge in [-0.25, -0.2) is 0 Å². The van der Waals surface area contributed by atoms with Gasteiger partial charge in [0.1, 0.15) is 11.3 Å². The lowest BCUT2D eigenvalue weighted by Gasteiger charge is -2.03. The van der Waals surface area contributed by atoms with E-state index in [0.717, 1.165) is 6.92 Å². The fourth-order valence-electron chi connectivity index (χ4n) is 1.25. The van der Waals surface area contributed by atoms with Crippen molar-refractivity contribution in [2.45, 2.75) is 12.8 Å². The molecule has 0 atom stereocenters. The summed E-state index contributed by atoms with van der Waals surface area (Å²) in [5, 5.41) is 9.59. The molecule has 74 valence electrons. The topological polar surface area (TPSA) is 33.4 Å². The van der Waals surface area contributed by atoms with Crippen molar-refractivity contribution in [1.29, 1.82) is 0 Å². The summed E-state index contributed by atoms with van der Waals surface area (Å²) in [6.45, 7) is 0.768. The molecule has 1 aromatic carbocycles. The summed E-state index contributed by atoms with van der Waals surface area (Å²) in [5.41, 5.74) is 0.347. The van der Waals surface area contributed by atoms with Gasteiger partial charge < -0.3 is 9.52 Å². The Morgan fingerprint density at radius 3 is 2.64 bits per heavy atom. The summed E-state index contributed by atoms with van der Waals surface area (Å²) in [5.74, 6) is -3.35. The molecule has 0 fully saturated rings. The van der Waals surface area contributed by atoms with Gasteiger partial charge in [0.2, 0.25) is 0 Å². The van der Waals surface area contributed by atoms with Crippen LogP contribution in [0.2, 0.25) is 0 Å². The van der Waals surface area contributed by atoms with E-state index in [9.17, 15) is 8.78 Å². The Labute approximate surface area is 78.8 Å². The zero-order valence-electron chi connectivity index (χ0n) is 7.42. The number of fused-ring (bicyclic) bond motifs is 1. The molecule has 0 unspecified atom stereocenters. The molecule has 0 aliphatic heterocycles. The number of phenols is 1. The maximum atomic E-state index is 12.8. The first-order valence-corrected chi connectivity index (χ1v) is 4.08. The van der Waals surface area contributed by atoms with Crippen LogP contribution < -0.4 is 0 Å². The van der Waals surface area contributed by atoms with Crippen LogP contribution in [0.25, 0.3) is 11.0 Å². The van der Waals surface area contributed by atoms with E-state index >= 15 is 0 Å². The molecule has 0 radical (unpaired) electrons. The molecule has 0 aliphatic carbocycles. The Kier molecular flexibility index (Phi) is 1.74. The van der Waals surface area contributed by atoms with Gasteiger partial charge in [0, 0.05) is 12.3 Å². The van der Waals surface area contributed by atoms with Crippen LogP contribution in [-0.4, -0.2) is 5.11 Å². The number of benzene rings is 1. The van der Waals surface area contributed by atoms with Crippen LogP contribution >= 0.6 is 0 Å². The van der Waals surface area contributed by atoms with E-state index in [-0.39, 0.29) is 5.75 Å². The Morgan fingerprint density at radius 1 is 1.29 bits per heavy atom. The number of aromatic hydroxyl groups is 1. The van der Waals surface area contributed by atoms with E-state index in [4.69, 9.17) is 9.52 Å². The lowest BCUT2D eigenvalue weighted by Crippen LogP contribution is -2.04. The minimum absolute atomic E-state index is 0.0317. The van der Waals surface area contributed by atoms with Crippen molar-refractivity contribution >= 4 is 11.0 Å². The largest absolute Gasteiger partial charge is 0.508 e. The van der Waals surface area contributed by atoms with E-state index in [1.165, 1.54) is 24.3 Å². The summed E-state index contributed by atoms with van der Waals surface area (Å²) in [7, 11) is 0. The third-order valence-electron chi connectivity index (χ3n) is 1.93. The molecule has 0 amide bonds. The van der Waals surface area contributed by atoms with Gasteiger partial charge in [0.05, 0.1) is 0 Å². The smallest absolute Gasteiger partial charge is 0.301 e. The van der Waals surface area contributed by atoms with Gasteiger partial charge in [-0.1, -0.05) is 0 Å². The Hall–Kier alpha value is -1.58. The van der Waals surface area contributed by atoms with Crippen LogP contribution in [0.4, 0.5) is 8.78 Å². The molecule has 0 bridgehead atoms. The predicted octanol–water partition coefficient (Wildman–Crippen LogP) is 3.25. The average Bonchev–Trinajstić information content (AvgIpc) is 2.45. The van der Waals surface area contributed by atoms with Crippen LogP contribution in [0.15, 0.2) is 28.7 Å². The number of halogens is 2. The molecule has 1 N–H and O–H groups in total. The maximum absolute atomic E-state index is 12.8. The number of furan rings is 1. The molecular weight excluding hydrogens is 190 g/mol.